The summed E-state index contributed by atoms with van der Waals surface area (Å²) in [6.07, 6.45) is 0.460. The molecular formula is C9H13F2N3O2. The van der Waals surface area contributed by atoms with E-state index in [1.165, 1.54) is 10.9 Å². The fraction of sp³-hybridized carbons (Fsp3) is 0.556. The summed E-state index contributed by atoms with van der Waals surface area (Å²) in [5.41, 5.74) is 0. The van der Waals surface area contributed by atoms with Crippen LogP contribution in [-0.2, 0) is 11.3 Å². The molecule has 0 fully saturated rings. The van der Waals surface area contributed by atoms with E-state index < -0.39 is 18.9 Å². The van der Waals surface area contributed by atoms with E-state index in [0.29, 0.717) is 0 Å². The molecule has 1 amide bonds. The second-order valence-electron chi connectivity index (χ2n) is 3.16. The number of nitrogens with zero attached hydrogens (tertiary/aromatic N) is 3. The van der Waals surface area contributed by atoms with Crippen molar-refractivity contribution in [2.45, 2.75) is 13.0 Å². The Balaban J connectivity index is 2.53. The lowest BCUT2D eigenvalue weighted by Gasteiger charge is -2.21. The van der Waals surface area contributed by atoms with Crippen LogP contribution in [0.25, 0.3) is 0 Å². The van der Waals surface area contributed by atoms with E-state index in [2.05, 4.69) is 5.10 Å². The van der Waals surface area contributed by atoms with Gasteiger partial charge < -0.3 is 10.0 Å². The fourth-order valence-electron chi connectivity index (χ4n) is 1.24. The number of hydrogen-bond donors (Lipinski definition) is 1. The summed E-state index contributed by atoms with van der Waals surface area (Å²) in [6.45, 7) is -1.19. The molecule has 0 saturated carbocycles. The monoisotopic (exact) mass is 233 g/mol. The Labute approximate surface area is 91.3 Å². The first-order valence-electron chi connectivity index (χ1n) is 4.77. The van der Waals surface area contributed by atoms with Gasteiger partial charge in [0.15, 0.2) is 0 Å². The molecule has 0 atom stereocenters. The van der Waals surface area contributed by atoms with Crippen LogP contribution in [0.1, 0.15) is 0 Å². The molecule has 0 aromatic carbocycles. The van der Waals surface area contributed by atoms with E-state index in [4.69, 9.17) is 5.11 Å². The number of aliphatic hydroxyl groups is 1. The second-order valence-corrected chi connectivity index (χ2v) is 3.16. The van der Waals surface area contributed by atoms with Crippen LogP contribution in [0.5, 0.6) is 0 Å². The van der Waals surface area contributed by atoms with Crippen molar-refractivity contribution in [2.75, 3.05) is 19.7 Å². The van der Waals surface area contributed by atoms with Crippen LogP contribution in [-0.4, -0.2) is 51.8 Å². The van der Waals surface area contributed by atoms with Gasteiger partial charge in [-0.3, -0.25) is 9.48 Å². The van der Waals surface area contributed by atoms with Crippen molar-refractivity contribution in [3.05, 3.63) is 18.5 Å². The Bertz CT molecular complexity index is 317. The molecule has 0 radical (unpaired) electrons. The van der Waals surface area contributed by atoms with Crippen molar-refractivity contribution in [2.24, 2.45) is 0 Å². The number of alkyl halides is 2. The summed E-state index contributed by atoms with van der Waals surface area (Å²) in [6, 6.07) is 1.64. The minimum absolute atomic E-state index is 0.0928. The molecule has 0 aliphatic heterocycles. The van der Waals surface area contributed by atoms with E-state index in [9.17, 15) is 13.6 Å². The summed E-state index contributed by atoms with van der Waals surface area (Å²) in [7, 11) is 0. The maximum atomic E-state index is 12.1. The van der Waals surface area contributed by atoms with Crippen LogP contribution in [0.2, 0.25) is 0 Å². The van der Waals surface area contributed by atoms with Gasteiger partial charge in [-0.1, -0.05) is 0 Å². The molecule has 1 N–H and O–H groups in total. The van der Waals surface area contributed by atoms with Crippen LogP contribution >= 0.6 is 0 Å². The molecule has 1 aromatic rings. The molecule has 0 bridgehead atoms. The number of hydrogen-bond acceptors (Lipinski definition) is 3. The van der Waals surface area contributed by atoms with Crippen LogP contribution in [0.3, 0.4) is 0 Å². The average Bonchev–Trinajstić information content (AvgIpc) is 2.69. The van der Waals surface area contributed by atoms with Crippen LogP contribution in [0.15, 0.2) is 18.5 Å². The number of carbonyl (C=O) groups excluding carboxylic acids is 1. The lowest BCUT2D eigenvalue weighted by molar-refractivity contribution is -0.134. The summed E-state index contributed by atoms with van der Waals surface area (Å²) >= 11 is 0. The summed E-state index contributed by atoms with van der Waals surface area (Å²) in [4.78, 5) is 12.5. The van der Waals surface area contributed by atoms with Gasteiger partial charge in [-0.2, -0.15) is 5.10 Å². The number of carbonyl (C=O) groups is 1. The molecule has 0 saturated heterocycles. The van der Waals surface area contributed by atoms with Gasteiger partial charge in [-0.15, -0.1) is 0 Å². The third-order valence-corrected chi connectivity index (χ3v) is 1.94. The van der Waals surface area contributed by atoms with Crippen molar-refractivity contribution in [1.29, 1.82) is 0 Å². The van der Waals surface area contributed by atoms with Gasteiger partial charge in [0.1, 0.15) is 6.54 Å². The molecule has 0 aliphatic rings. The molecule has 1 heterocycles. The predicted octanol–water partition coefficient (Wildman–Crippen LogP) is -0.0309. The van der Waals surface area contributed by atoms with Crippen molar-refractivity contribution in [1.82, 2.24) is 14.7 Å². The van der Waals surface area contributed by atoms with Gasteiger partial charge in [-0.25, -0.2) is 8.78 Å². The van der Waals surface area contributed by atoms with Crippen molar-refractivity contribution >= 4 is 5.91 Å². The summed E-state index contributed by atoms with van der Waals surface area (Å²) in [5.74, 6) is -0.488. The first kappa shape index (κ1) is 12.6. The van der Waals surface area contributed by atoms with Crippen LogP contribution in [0, 0.1) is 0 Å². The summed E-state index contributed by atoms with van der Waals surface area (Å²) in [5, 5.41) is 12.5. The number of amides is 1. The molecule has 7 heteroatoms. The molecule has 0 unspecified atom stereocenters. The average molecular weight is 233 g/mol. The number of aromatic nitrogens is 2. The minimum atomic E-state index is -2.60. The third-order valence-electron chi connectivity index (χ3n) is 1.94. The smallest absolute Gasteiger partial charge is 0.255 e. The Morgan fingerprint density at radius 1 is 1.56 bits per heavy atom. The largest absolute Gasteiger partial charge is 0.395 e. The first-order chi connectivity index (χ1) is 7.63. The highest BCUT2D eigenvalue weighted by molar-refractivity contribution is 5.75. The van der Waals surface area contributed by atoms with Gasteiger partial charge in [0, 0.05) is 18.9 Å². The standard InChI is InChI=1S/C9H13F2N3O2/c10-8(11)6-13(4-5-15)9(16)7-14-3-1-2-12-14/h1-3,8,15H,4-7H2. The van der Waals surface area contributed by atoms with Gasteiger partial charge >= 0.3 is 0 Å². The normalized spacial score (nSPS) is 10.8. The lowest BCUT2D eigenvalue weighted by atomic mass is 10.4. The highest BCUT2D eigenvalue weighted by atomic mass is 19.3. The molecule has 1 aromatic heterocycles. The Kier molecular flexibility index (Phi) is 4.84. The van der Waals surface area contributed by atoms with Gasteiger partial charge in [0.25, 0.3) is 6.43 Å². The zero-order valence-corrected chi connectivity index (χ0v) is 8.59. The van der Waals surface area contributed by atoms with E-state index in [1.54, 1.807) is 12.3 Å². The van der Waals surface area contributed by atoms with Gasteiger partial charge in [-0.05, 0) is 6.07 Å². The molecule has 16 heavy (non-hydrogen) atoms. The van der Waals surface area contributed by atoms with Crippen molar-refractivity contribution in [3.63, 3.8) is 0 Å². The van der Waals surface area contributed by atoms with Gasteiger partial charge in [0.2, 0.25) is 5.91 Å². The first-order valence-corrected chi connectivity index (χ1v) is 4.77. The minimum Gasteiger partial charge on any atom is -0.395 e. The predicted molar refractivity (Wildman–Crippen MR) is 51.9 cm³/mol. The Morgan fingerprint density at radius 2 is 2.31 bits per heavy atom. The maximum absolute atomic E-state index is 12.1. The Morgan fingerprint density at radius 3 is 2.81 bits per heavy atom. The number of rotatable bonds is 6. The quantitative estimate of drug-likeness (QED) is 0.750. The fourth-order valence-corrected chi connectivity index (χ4v) is 1.24. The number of aliphatic hydroxyl groups excluding tert-OH is 1. The van der Waals surface area contributed by atoms with E-state index >= 15 is 0 Å². The molecule has 5 nitrogen and oxygen atoms in total. The highest BCUT2D eigenvalue weighted by Gasteiger charge is 2.17. The topological polar surface area (TPSA) is 58.4 Å². The van der Waals surface area contributed by atoms with Crippen molar-refractivity contribution < 1.29 is 18.7 Å². The zero-order chi connectivity index (χ0) is 12.0. The molecule has 0 spiro atoms. The molecule has 90 valence electrons. The van der Waals surface area contributed by atoms with Crippen LogP contribution < -0.4 is 0 Å². The second kappa shape index (κ2) is 6.16. The zero-order valence-electron chi connectivity index (χ0n) is 8.59. The molecule has 0 aliphatic carbocycles. The SMILES string of the molecule is O=C(Cn1cccn1)N(CCO)CC(F)F. The van der Waals surface area contributed by atoms with E-state index in [0.717, 1.165) is 4.90 Å². The number of halogens is 2. The van der Waals surface area contributed by atoms with Crippen molar-refractivity contribution in [3.8, 4) is 0 Å². The molecular weight excluding hydrogens is 220 g/mol. The molecule has 1 rings (SSSR count). The highest BCUT2D eigenvalue weighted by Crippen LogP contribution is 2.00. The van der Waals surface area contributed by atoms with E-state index in [1.807, 2.05) is 0 Å². The summed E-state index contributed by atoms with van der Waals surface area (Å²) < 4.78 is 25.6. The third kappa shape index (κ3) is 3.93. The lowest BCUT2D eigenvalue weighted by Crippen LogP contribution is -2.39. The van der Waals surface area contributed by atoms with Gasteiger partial charge in [0.05, 0.1) is 13.2 Å². The van der Waals surface area contributed by atoms with E-state index in [-0.39, 0.29) is 19.7 Å². The maximum Gasteiger partial charge on any atom is 0.255 e. The Hall–Kier alpha value is -1.50. The van der Waals surface area contributed by atoms with Crippen LogP contribution in [0.4, 0.5) is 8.78 Å².